The highest BCUT2D eigenvalue weighted by Crippen LogP contribution is 2.41. The molecule has 6 nitrogen and oxygen atoms in total. The lowest BCUT2D eigenvalue weighted by Crippen LogP contribution is -2.27. The van der Waals surface area contributed by atoms with E-state index in [1.54, 1.807) is 24.5 Å². The van der Waals surface area contributed by atoms with Crippen LogP contribution in [0.5, 0.6) is 11.6 Å². The summed E-state index contributed by atoms with van der Waals surface area (Å²) in [6, 6.07) is 27.0. The third kappa shape index (κ3) is 4.59. The van der Waals surface area contributed by atoms with E-state index in [0.717, 1.165) is 17.9 Å². The van der Waals surface area contributed by atoms with Gasteiger partial charge in [-0.25, -0.2) is 9.97 Å². The number of pyridine rings is 2. The Kier molecular flexibility index (Phi) is 5.49. The molecule has 2 aromatic carbocycles. The highest BCUT2D eigenvalue weighted by Gasteiger charge is 2.39. The molecular formula is C26H22N4O2. The lowest BCUT2D eigenvalue weighted by molar-refractivity contribution is 0.0947. The Labute approximate surface area is 186 Å². The first-order chi connectivity index (χ1) is 15.8. The van der Waals surface area contributed by atoms with Gasteiger partial charge < -0.3 is 15.4 Å². The lowest BCUT2D eigenvalue weighted by atomic mass is 10.1. The molecule has 158 valence electrons. The van der Waals surface area contributed by atoms with Crippen molar-refractivity contribution in [3.63, 3.8) is 0 Å². The van der Waals surface area contributed by atoms with Crippen molar-refractivity contribution in [2.45, 2.75) is 18.4 Å². The summed E-state index contributed by atoms with van der Waals surface area (Å²) in [5.74, 6) is 1.83. The summed E-state index contributed by atoms with van der Waals surface area (Å²) in [5.41, 5.74) is 2.55. The highest BCUT2D eigenvalue weighted by molar-refractivity contribution is 5.96. The zero-order valence-corrected chi connectivity index (χ0v) is 17.3. The molecule has 2 N–H and O–H groups in total. The molecule has 1 amide bonds. The molecule has 1 saturated carbocycles. The molecule has 2 atom stereocenters. The number of rotatable bonds is 7. The molecule has 0 radical (unpaired) electrons. The van der Waals surface area contributed by atoms with Crippen LogP contribution >= 0.6 is 0 Å². The summed E-state index contributed by atoms with van der Waals surface area (Å²) in [6.45, 7) is 0. The van der Waals surface area contributed by atoms with Gasteiger partial charge in [0.1, 0.15) is 17.1 Å². The fourth-order valence-electron chi connectivity index (χ4n) is 3.62. The second-order valence-corrected chi connectivity index (χ2v) is 7.66. The Bertz CT molecular complexity index is 1200. The molecule has 1 aliphatic carbocycles. The fraction of sp³-hybridized carbons (Fsp3) is 0.115. The van der Waals surface area contributed by atoms with Gasteiger partial charge in [-0.1, -0.05) is 36.4 Å². The van der Waals surface area contributed by atoms with Gasteiger partial charge in [0.2, 0.25) is 5.88 Å². The van der Waals surface area contributed by atoms with Gasteiger partial charge >= 0.3 is 0 Å². The van der Waals surface area contributed by atoms with E-state index in [2.05, 4.69) is 32.7 Å². The second kappa shape index (κ2) is 8.89. The number of aromatic nitrogens is 2. The third-order valence-electron chi connectivity index (χ3n) is 5.36. The predicted molar refractivity (Wildman–Crippen MR) is 123 cm³/mol. The third-order valence-corrected chi connectivity index (χ3v) is 5.36. The number of carbonyl (C=O) groups excluding carboxylic acids is 1. The van der Waals surface area contributed by atoms with Gasteiger partial charge in [-0.2, -0.15) is 0 Å². The zero-order chi connectivity index (χ0) is 21.8. The van der Waals surface area contributed by atoms with E-state index < -0.39 is 0 Å². The van der Waals surface area contributed by atoms with E-state index in [4.69, 9.17) is 4.74 Å². The van der Waals surface area contributed by atoms with Gasteiger partial charge in [-0.05, 0) is 60.5 Å². The van der Waals surface area contributed by atoms with E-state index in [1.165, 1.54) is 5.56 Å². The number of carbonyl (C=O) groups is 1. The Balaban J connectivity index is 1.24. The van der Waals surface area contributed by atoms with Crippen molar-refractivity contribution in [3.05, 3.63) is 108 Å². The summed E-state index contributed by atoms with van der Waals surface area (Å²) < 4.78 is 5.93. The van der Waals surface area contributed by atoms with Crippen molar-refractivity contribution in [1.29, 1.82) is 0 Å². The molecule has 1 fully saturated rings. The molecule has 1 unspecified atom stereocenters. The maximum absolute atomic E-state index is 12.9. The fourth-order valence-corrected chi connectivity index (χ4v) is 3.62. The SMILES string of the molecule is O=C(N[C@@H]1CC1c1ccccc1)c1cccnc1Oc1ccc(Nc2ccccn2)cc1. The van der Waals surface area contributed by atoms with Gasteiger partial charge in [0.15, 0.2) is 0 Å². The summed E-state index contributed by atoms with van der Waals surface area (Å²) in [5, 5.41) is 6.33. The molecule has 6 heteroatoms. The van der Waals surface area contributed by atoms with Crippen LogP contribution in [0.2, 0.25) is 0 Å². The first-order valence-electron chi connectivity index (χ1n) is 10.5. The second-order valence-electron chi connectivity index (χ2n) is 7.66. The van der Waals surface area contributed by atoms with Crippen molar-refractivity contribution in [1.82, 2.24) is 15.3 Å². The van der Waals surface area contributed by atoms with Crippen molar-refractivity contribution >= 4 is 17.4 Å². The minimum absolute atomic E-state index is 0.134. The van der Waals surface area contributed by atoms with Crippen LogP contribution in [0.15, 0.2) is 97.3 Å². The smallest absolute Gasteiger partial charge is 0.257 e. The van der Waals surface area contributed by atoms with Crippen LogP contribution in [-0.4, -0.2) is 21.9 Å². The molecule has 0 aliphatic heterocycles. The number of anilines is 2. The number of nitrogens with one attached hydrogen (secondary N) is 2. The molecule has 5 rings (SSSR count). The van der Waals surface area contributed by atoms with Crippen LogP contribution in [0.1, 0.15) is 28.3 Å². The van der Waals surface area contributed by atoms with E-state index in [9.17, 15) is 4.79 Å². The predicted octanol–water partition coefficient (Wildman–Crippen LogP) is 5.30. The standard InChI is InChI=1S/C26H22N4O2/c31-25(30-23-17-22(23)18-7-2-1-3-8-18)21-9-6-16-28-26(21)32-20-13-11-19(12-14-20)29-24-10-4-5-15-27-24/h1-16,22-23H,17H2,(H,27,29)(H,30,31)/t22?,23-/m1/s1. The average molecular weight is 422 g/mol. The minimum Gasteiger partial charge on any atom is -0.438 e. The molecular weight excluding hydrogens is 400 g/mol. The topological polar surface area (TPSA) is 76.1 Å². The quantitative estimate of drug-likeness (QED) is 0.423. The zero-order valence-electron chi connectivity index (χ0n) is 17.3. The first-order valence-corrected chi connectivity index (χ1v) is 10.5. The number of amides is 1. The monoisotopic (exact) mass is 422 g/mol. The molecule has 32 heavy (non-hydrogen) atoms. The molecule has 2 heterocycles. The maximum Gasteiger partial charge on any atom is 0.257 e. The van der Waals surface area contributed by atoms with Gasteiger partial charge in [-0.15, -0.1) is 0 Å². The normalized spacial score (nSPS) is 16.8. The van der Waals surface area contributed by atoms with Gasteiger partial charge in [-0.3, -0.25) is 4.79 Å². The summed E-state index contributed by atoms with van der Waals surface area (Å²) in [4.78, 5) is 21.4. The van der Waals surface area contributed by atoms with Crippen molar-refractivity contribution in [2.75, 3.05) is 5.32 Å². The molecule has 0 spiro atoms. The molecule has 2 aromatic heterocycles. The van der Waals surface area contributed by atoms with Crippen LogP contribution < -0.4 is 15.4 Å². The highest BCUT2D eigenvalue weighted by atomic mass is 16.5. The molecule has 4 aromatic rings. The van der Waals surface area contributed by atoms with Gasteiger partial charge in [0.25, 0.3) is 5.91 Å². The van der Waals surface area contributed by atoms with Crippen LogP contribution in [0.4, 0.5) is 11.5 Å². The summed E-state index contributed by atoms with van der Waals surface area (Å²) >= 11 is 0. The maximum atomic E-state index is 12.9. The number of benzene rings is 2. The Morgan fingerprint density at radius 3 is 2.41 bits per heavy atom. The van der Waals surface area contributed by atoms with Gasteiger partial charge in [0.05, 0.1) is 0 Å². The van der Waals surface area contributed by atoms with Crippen LogP contribution in [0.25, 0.3) is 0 Å². The first kappa shape index (κ1) is 19.8. The largest absolute Gasteiger partial charge is 0.438 e. The number of hydrogen-bond acceptors (Lipinski definition) is 5. The number of hydrogen-bond donors (Lipinski definition) is 2. The van der Waals surface area contributed by atoms with Crippen molar-refractivity contribution in [3.8, 4) is 11.6 Å². The Morgan fingerprint density at radius 1 is 0.844 bits per heavy atom. The van der Waals surface area contributed by atoms with Crippen molar-refractivity contribution in [2.24, 2.45) is 0 Å². The van der Waals surface area contributed by atoms with E-state index in [0.29, 0.717) is 17.2 Å². The van der Waals surface area contributed by atoms with Crippen LogP contribution in [0.3, 0.4) is 0 Å². The lowest BCUT2D eigenvalue weighted by Gasteiger charge is -2.11. The summed E-state index contributed by atoms with van der Waals surface area (Å²) in [6.07, 6.45) is 4.29. The molecule has 0 saturated heterocycles. The minimum atomic E-state index is -0.176. The Morgan fingerprint density at radius 2 is 1.62 bits per heavy atom. The van der Waals surface area contributed by atoms with Crippen LogP contribution in [-0.2, 0) is 0 Å². The summed E-state index contributed by atoms with van der Waals surface area (Å²) in [7, 11) is 0. The van der Waals surface area contributed by atoms with Gasteiger partial charge in [0, 0.05) is 30.0 Å². The van der Waals surface area contributed by atoms with E-state index >= 15 is 0 Å². The number of nitrogens with zero attached hydrogens (tertiary/aromatic N) is 2. The van der Waals surface area contributed by atoms with Crippen molar-refractivity contribution < 1.29 is 9.53 Å². The molecule has 1 aliphatic rings. The van der Waals surface area contributed by atoms with E-state index in [-0.39, 0.29) is 17.8 Å². The number of ether oxygens (including phenoxy) is 1. The van der Waals surface area contributed by atoms with Crippen LogP contribution in [0, 0.1) is 0 Å². The average Bonchev–Trinajstić information content (AvgIpc) is 3.61. The molecule has 0 bridgehead atoms. The Hall–Kier alpha value is -4.19. The van der Waals surface area contributed by atoms with E-state index in [1.807, 2.05) is 60.7 Å².